The molecule has 4 N–H and O–H groups in total. The molecular weight excluding hydrogens is 357 g/mol. The molecule has 25 heavy (non-hydrogen) atoms. The lowest BCUT2D eigenvalue weighted by molar-refractivity contribution is -0.138. The minimum absolute atomic E-state index is 0.322. The van der Waals surface area contributed by atoms with Crippen molar-refractivity contribution in [2.45, 2.75) is 32.2 Å². The third-order valence-corrected chi connectivity index (χ3v) is 4.58. The second-order valence-electron chi connectivity index (χ2n) is 5.43. The summed E-state index contributed by atoms with van der Waals surface area (Å²) in [4.78, 5) is 45.6. The number of rotatable bonds is 7. The van der Waals surface area contributed by atoms with Crippen molar-refractivity contribution in [3.05, 3.63) is 44.8 Å². The van der Waals surface area contributed by atoms with Gasteiger partial charge in [0.2, 0.25) is 0 Å². The Hall–Kier alpha value is -2.04. The lowest BCUT2D eigenvalue weighted by Crippen LogP contribution is -2.34. The zero-order chi connectivity index (χ0) is 18.8. The number of H-pyrrole nitrogens is 1. The number of aromatic nitrogens is 2. The van der Waals surface area contributed by atoms with Gasteiger partial charge in [0, 0.05) is 11.8 Å². The van der Waals surface area contributed by atoms with Crippen molar-refractivity contribution in [1.29, 1.82) is 0 Å². The van der Waals surface area contributed by atoms with Gasteiger partial charge in [-0.05, 0) is 19.9 Å². The molecule has 12 heteroatoms. The lowest BCUT2D eigenvalue weighted by atomic mass is 10.3. The highest BCUT2D eigenvalue weighted by Gasteiger charge is 2.29. The number of nitrogens with one attached hydrogen (secondary N) is 2. The highest BCUT2D eigenvalue weighted by Crippen LogP contribution is 2.38. The van der Waals surface area contributed by atoms with Crippen LogP contribution in [-0.4, -0.2) is 44.3 Å². The van der Waals surface area contributed by atoms with Crippen LogP contribution in [0.1, 0.15) is 18.7 Å². The minimum atomic E-state index is -4.33. The van der Waals surface area contributed by atoms with E-state index in [4.69, 9.17) is 14.4 Å². The zero-order valence-corrected chi connectivity index (χ0v) is 14.3. The Labute approximate surface area is 141 Å². The molecule has 11 nitrogen and oxygen atoms in total. The Morgan fingerprint density at radius 3 is 2.84 bits per heavy atom. The number of aryl methyl sites for hydroxylation is 1. The van der Waals surface area contributed by atoms with Gasteiger partial charge in [-0.15, -0.1) is 0 Å². The van der Waals surface area contributed by atoms with Crippen molar-refractivity contribution in [3.63, 3.8) is 0 Å². The first kappa shape index (κ1) is 19.3. The second-order valence-corrected chi connectivity index (χ2v) is 6.99. The Morgan fingerprint density at radius 2 is 2.20 bits per heavy atom. The first-order chi connectivity index (χ1) is 11.6. The van der Waals surface area contributed by atoms with E-state index in [2.05, 4.69) is 4.98 Å². The van der Waals surface area contributed by atoms with Gasteiger partial charge >= 0.3 is 19.4 Å². The molecule has 0 spiro atoms. The molecule has 0 saturated heterocycles. The maximum atomic E-state index is 11.8. The van der Waals surface area contributed by atoms with E-state index in [9.17, 15) is 23.8 Å². The number of carboxylic acids is 1. The fourth-order valence-electron chi connectivity index (χ4n) is 2.03. The van der Waals surface area contributed by atoms with Crippen LogP contribution in [0, 0.1) is 6.92 Å². The molecule has 0 aliphatic carbocycles. The summed E-state index contributed by atoms with van der Waals surface area (Å²) in [5.41, 5.74) is -0.831. The van der Waals surface area contributed by atoms with Crippen LogP contribution in [0.5, 0.6) is 0 Å². The molecule has 0 bridgehead atoms. The number of carbonyl (C=O) groups is 1. The molecule has 4 atom stereocenters. The number of hydrogen-bond acceptors (Lipinski definition) is 6. The first-order valence-corrected chi connectivity index (χ1v) is 8.80. The fourth-order valence-corrected chi connectivity index (χ4v) is 3.05. The molecule has 2 heterocycles. The van der Waals surface area contributed by atoms with E-state index < -0.39 is 43.3 Å². The minimum Gasteiger partial charge on any atom is -0.480 e. The average Bonchev–Trinajstić information content (AvgIpc) is 2.97. The normalized spacial score (nSPS) is 23.3. The number of ether oxygens (including phenoxy) is 1. The summed E-state index contributed by atoms with van der Waals surface area (Å²) in [5.74, 6) is -1.30. The van der Waals surface area contributed by atoms with E-state index in [0.29, 0.717) is 5.56 Å². The van der Waals surface area contributed by atoms with Gasteiger partial charge in [0.25, 0.3) is 5.56 Å². The SMILES string of the molecule is Cc1cn([C@H]2C=C[C@@H](COP(=O)(O)N[C@@H](C)C(=O)O)O2)c(=O)[nH]c1=O. The number of nitrogens with zero attached hydrogens (tertiary/aromatic N) is 1. The maximum Gasteiger partial charge on any atom is 0.403 e. The van der Waals surface area contributed by atoms with Crippen molar-refractivity contribution >= 4 is 13.7 Å². The van der Waals surface area contributed by atoms with E-state index in [1.54, 1.807) is 0 Å². The fraction of sp³-hybridized carbons (Fsp3) is 0.462. The average molecular weight is 375 g/mol. The van der Waals surface area contributed by atoms with E-state index in [0.717, 1.165) is 4.57 Å². The summed E-state index contributed by atoms with van der Waals surface area (Å²) in [6.07, 6.45) is 2.86. The third kappa shape index (κ3) is 4.97. The second kappa shape index (κ2) is 7.46. The largest absolute Gasteiger partial charge is 0.480 e. The molecule has 0 fully saturated rings. The van der Waals surface area contributed by atoms with Crippen LogP contribution in [0.25, 0.3) is 0 Å². The van der Waals surface area contributed by atoms with Gasteiger partial charge < -0.3 is 14.7 Å². The molecule has 1 aromatic rings. The van der Waals surface area contributed by atoms with Crippen molar-refractivity contribution < 1.29 is 28.6 Å². The number of aliphatic carboxylic acids is 1. The van der Waals surface area contributed by atoms with Gasteiger partial charge in [-0.2, -0.15) is 0 Å². The smallest absolute Gasteiger partial charge is 0.403 e. The van der Waals surface area contributed by atoms with Crippen molar-refractivity contribution in [2.75, 3.05) is 6.61 Å². The molecule has 2 rings (SSSR count). The molecule has 0 saturated carbocycles. The van der Waals surface area contributed by atoms with Crippen molar-refractivity contribution in [3.8, 4) is 0 Å². The molecule has 0 aromatic carbocycles. The van der Waals surface area contributed by atoms with E-state index in [1.807, 2.05) is 5.09 Å². The molecule has 1 unspecified atom stereocenters. The highest BCUT2D eigenvalue weighted by molar-refractivity contribution is 7.50. The van der Waals surface area contributed by atoms with Gasteiger partial charge in [0.15, 0.2) is 6.23 Å². The number of hydrogen-bond donors (Lipinski definition) is 4. The van der Waals surface area contributed by atoms with Crippen LogP contribution in [-0.2, 0) is 18.6 Å². The zero-order valence-electron chi connectivity index (χ0n) is 13.4. The molecular formula is C13H18N3O8P. The molecule has 0 radical (unpaired) electrons. The van der Waals surface area contributed by atoms with Gasteiger partial charge in [-0.3, -0.25) is 23.7 Å². The molecule has 1 aromatic heterocycles. The predicted octanol–water partition coefficient (Wildman–Crippen LogP) is -0.522. The van der Waals surface area contributed by atoms with Crippen LogP contribution < -0.4 is 16.3 Å². The summed E-state index contributed by atoms with van der Waals surface area (Å²) in [7, 11) is -4.33. The van der Waals surface area contributed by atoms with Crippen LogP contribution in [0.2, 0.25) is 0 Å². The van der Waals surface area contributed by atoms with Crippen molar-refractivity contribution in [1.82, 2.24) is 14.6 Å². The molecule has 1 aliphatic rings. The summed E-state index contributed by atoms with van der Waals surface area (Å²) in [6, 6.07) is -1.27. The van der Waals surface area contributed by atoms with Gasteiger partial charge in [0.1, 0.15) is 12.1 Å². The van der Waals surface area contributed by atoms with Gasteiger partial charge in [-0.1, -0.05) is 6.08 Å². The molecule has 1 aliphatic heterocycles. The van der Waals surface area contributed by atoms with E-state index in [1.165, 1.54) is 32.2 Å². The monoisotopic (exact) mass is 375 g/mol. The summed E-state index contributed by atoms with van der Waals surface area (Å²) < 4.78 is 23.2. The number of carboxylic acid groups (broad SMARTS) is 1. The summed E-state index contributed by atoms with van der Waals surface area (Å²) >= 11 is 0. The van der Waals surface area contributed by atoms with E-state index in [-0.39, 0.29) is 6.61 Å². The van der Waals surface area contributed by atoms with Gasteiger partial charge in [-0.25, -0.2) is 14.4 Å². The van der Waals surface area contributed by atoms with E-state index >= 15 is 0 Å². The first-order valence-electron chi connectivity index (χ1n) is 7.23. The van der Waals surface area contributed by atoms with Crippen molar-refractivity contribution in [2.24, 2.45) is 0 Å². The summed E-state index contributed by atoms with van der Waals surface area (Å²) in [5, 5.41) is 10.7. The van der Waals surface area contributed by atoms with Crippen LogP contribution in [0.4, 0.5) is 0 Å². The Kier molecular flexibility index (Phi) is 5.76. The highest BCUT2D eigenvalue weighted by atomic mass is 31.2. The Bertz CT molecular complexity index is 844. The quantitative estimate of drug-likeness (QED) is 0.363. The van der Waals surface area contributed by atoms with Crippen LogP contribution in [0.3, 0.4) is 0 Å². The van der Waals surface area contributed by atoms with Crippen LogP contribution >= 0.6 is 7.75 Å². The lowest BCUT2D eigenvalue weighted by Gasteiger charge is -2.19. The van der Waals surface area contributed by atoms with Gasteiger partial charge in [0.05, 0.1) is 6.61 Å². The topological polar surface area (TPSA) is 160 Å². The Morgan fingerprint density at radius 1 is 1.52 bits per heavy atom. The maximum absolute atomic E-state index is 11.8. The predicted molar refractivity (Wildman–Crippen MR) is 85.1 cm³/mol. The van der Waals surface area contributed by atoms with Crippen LogP contribution in [0.15, 0.2) is 27.9 Å². The molecule has 138 valence electrons. The summed E-state index contributed by atoms with van der Waals surface area (Å²) in [6.45, 7) is 2.39. The number of aromatic amines is 1. The molecule has 0 amide bonds. The standard InChI is InChI=1S/C13H18N3O8P/c1-7-5-16(13(20)14-11(7)17)10-4-3-9(24-10)6-23-25(21,22)15-8(2)12(18)19/h3-5,8-10H,6H2,1-2H3,(H,18,19)(H,14,17,20)(H2,15,21,22)/t8-,9-,10+/m0/s1. The third-order valence-electron chi connectivity index (χ3n) is 3.37. The Balaban J connectivity index is 1.96.